The first-order valence-electron chi connectivity index (χ1n) is 8.80. The van der Waals surface area contributed by atoms with Crippen LogP contribution in [0.2, 0.25) is 0 Å². The Morgan fingerprint density at radius 2 is 2.36 bits per heavy atom. The van der Waals surface area contributed by atoms with Gasteiger partial charge in [0.05, 0.1) is 24.2 Å². The predicted molar refractivity (Wildman–Crippen MR) is 100 cm³/mol. The first-order chi connectivity index (χ1) is 12.0. The molecule has 0 radical (unpaired) electrons. The molecule has 132 valence electrons. The number of hydrogen-bond acceptors (Lipinski definition) is 5. The SMILES string of the molecule is C[C@H]1CCc2c(sc3nc([C@H](C)N(C)Cc4ccco4)[nH]c(=O)c23)C1. The second kappa shape index (κ2) is 6.42. The number of furan rings is 1. The normalized spacial score (nSPS) is 18.6. The van der Waals surface area contributed by atoms with E-state index in [0.29, 0.717) is 12.5 Å². The summed E-state index contributed by atoms with van der Waals surface area (Å²) < 4.78 is 5.42. The summed E-state index contributed by atoms with van der Waals surface area (Å²) >= 11 is 1.70. The lowest BCUT2D eigenvalue weighted by molar-refractivity contribution is 0.224. The fourth-order valence-electron chi connectivity index (χ4n) is 3.56. The number of thiophene rings is 1. The zero-order valence-corrected chi connectivity index (χ0v) is 15.7. The van der Waals surface area contributed by atoms with E-state index < -0.39 is 0 Å². The number of fused-ring (bicyclic) bond motifs is 3. The number of rotatable bonds is 4. The topological polar surface area (TPSA) is 62.1 Å². The molecular formula is C19H23N3O2S. The molecule has 2 atom stereocenters. The van der Waals surface area contributed by atoms with Crippen LogP contribution in [0, 0.1) is 5.92 Å². The molecule has 6 heteroatoms. The van der Waals surface area contributed by atoms with Crippen molar-refractivity contribution in [2.24, 2.45) is 5.92 Å². The average Bonchev–Trinajstić information content (AvgIpc) is 3.20. The van der Waals surface area contributed by atoms with Crippen LogP contribution in [-0.2, 0) is 19.4 Å². The molecule has 0 spiro atoms. The Balaban J connectivity index is 1.67. The van der Waals surface area contributed by atoms with E-state index in [9.17, 15) is 4.79 Å². The van der Waals surface area contributed by atoms with Crippen molar-refractivity contribution in [3.05, 3.63) is 50.8 Å². The van der Waals surface area contributed by atoms with Crippen molar-refractivity contribution < 1.29 is 4.42 Å². The van der Waals surface area contributed by atoms with Crippen LogP contribution in [0.15, 0.2) is 27.6 Å². The number of aromatic nitrogens is 2. The highest BCUT2D eigenvalue weighted by Crippen LogP contribution is 2.36. The van der Waals surface area contributed by atoms with E-state index in [1.165, 1.54) is 10.4 Å². The second-order valence-corrected chi connectivity index (χ2v) is 8.24. The van der Waals surface area contributed by atoms with Crippen molar-refractivity contribution in [3.63, 3.8) is 0 Å². The molecule has 0 fully saturated rings. The maximum Gasteiger partial charge on any atom is 0.259 e. The van der Waals surface area contributed by atoms with Crippen LogP contribution in [0.1, 0.15) is 48.3 Å². The van der Waals surface area contributed by atoms with Gasteiger partial charge in [-0.25, -0.2) is 4.98 Å². The molecule has 0 saturated carbocycles. The zero-order chi connectivity index (χ0) is 17.6. The lowest BCUT2D eigenvalue weighted by Crippen LogP contribution is -2.25. The van der Waals surface area contributed by atoms with Gasteiger partial charge in [-0.1, -0.05) is 6.92 Å². The standard InChI is InChI=1S/C19H23N3O2S/c1-11-6-7-14-15(9-11)25-19-16(14)18(23)20-17(21-19)12(2)22(3)10-13-5-4-8-24-13/h4-5,8,11-12H,6-7,9-10H2,1-3H3,(H,20,21,23)/t11-,12-/m0/s1. The fourth-order valence-corrected chi connectivity index (χ4v) is 4.95. The number of nitrogens with one attached hydrogen (secondary N) is 1. The molecule has 25 heavy (non-hydrogen) atoms. The molecule has 3 heterocycles. The highest BCUT2D eigenvalue weighted by atomic mass is 32.1. The first kappa shape index (κ1) is 16.5. The van der Waals surface area contributed by atoms with Crippen molar-refractivity contribution in [3.8, 4) is 0 Å². The van der Waals surface area contributed by atoms with E-state index in [0.717, 1.165) is 41.1 Å². The van der Waals surface area contributed by atoms with Gasteiger partial charge in [0, 0.05) is 4.88 Å². The summed E-state index contributed by atoms with van der Waals surface area (Å²) in [4.78, 5) is 24.9. The highest BCUT2D eigenvalue weighted by Gasteiger charge is 2.24. The summed E-state index contributed by atoms with van der Waals surface area (Å²) in [6.07, 6.45) is 4.90. The molecule has 3 aromatic rings. The Hall–Kier alpha value is -1.92. The van der Waals surface area contributed by atoms with Gasteiger partial charge in [0.25, 0.3) is 5.56 Å². The zero-order valence-electron chi connectivity index (χ0n) is 14.8. The molecule has 0 bridgehead atoms. The predicted octanol–water partition coefficient (Wildman–Crippen LogP) is 3.90. The Labute approximate surface area is 150 Å². The van der Waals surface area contributed by atoms with Crippen LogP contribution in [0.25, 0.3) is 10.2 Å². The van der Waals surface area contributed by atoms with Crippen molar-refractivity contribution >= 4 is 21.6 Å². The van der Waals surface area contributed by atoms with Crippen molar-refractivity contribution in [1.82, 2.24) is 14.9 Å². The molecular weight excluding hydrogens is 334 g/mol. The van der Waals surface area contributed by atoms with E-state index in [1.54, 1.807) is 17.6 Å². The van der Waals surface area contributed by atoms with Crippen LogP contribution in [-0.4, -0.2) is 21.9 Å². The van der Waals surface area contributed by atoms with Gasteiger partial charge in [0.1, 0.15) is 16.4 Å². The molecule has 0 unspecified atom stereocenters. The summed E-state index contributed by atoms with van der Waals surface area (Å²) in [7, 11) is 2.01. The molecule has 0 aliphatic heterocycles. The maximum absolute atomic E-state index is 12.7. The fraction of sp³-hybridized carbons (Fsp3) is 0.474. The molecule has 0 aromatic carbocycles. The Morgan fingerprint density at radius 3 is 3.12 bits per heavy atom. The number of aryl methyl sites for hydroxylation is 1. The van der Waals surface area contributed by atoms with E-state index in [4.69, 9.17) is 9.40 Å². The summed E-state index contributed by atoms with van der Waals surface area (Å²) in [5, 5.41) is 0.816. The van der Waals surface area contributed by atoms with Gasteiger partial charge in [0.2, 0.25) is 0 Å². The Morgan fingerprint density at radius 1 is 1.52 bits per heavy atom. The summed E-state index contributed by atoms with van der Waals surface area (Å²) in [5.74, 6) is 2.31. The van der Waals surface area contributed by atoms with Gasteiger partial charge < -0.3 is 9.40 Å². The Bertz CT molecular complexity index is 942. The van der Waals surface area contributed by atoms with Crippen molar-refractivity contribution in [2.45, 2.75) is 45.7 Å². The Kier molecular flexibility index (Phi) is 4.25. The number of nitrogens with zero attached hydrogens (tertiary/aromatic N) is 2. The van der Waals surface area contributed by atoms with Gasteiger partial charge in [-0.2, -0.15) is 0 Å². The molecule has 5 nitrogen and oxygen atoms in total. The molecule has 0 saturated heterocycles. The van der Waals surface area contributed by atoms with E-state index in [2.05, 4.69) is 23.7 Å². The van der Waals surface area contributed by atoms with E-state index >= 15 is 0 Å². The third kappa shape index (κ3) is 3.04. The third-order valence-corrected chi connectivity index (χ3v) is 6.37. The third-order valence-electron chi connectivity index (χ3n) is 5.23. The highest BCUT2D eigenvalue weighted by molar-refractivity contribution is 7.18. The van der Waals surface area contributed by atoms with Gasteiger partial charge in [-0.05, 0) is 56.8 Å². The monoisotopic (exact) mass is 357 g/mol. The van der Waals surface area contributed by atoms with E-state index in [-0.39, 0.29) is 11.6 Å². The molecule has 1 aliphatic carbocycles. The number of hydrogen-bond donors (Lipinski definition) is 1. The quantitative estimate of drug-likeness (QED) is 0.769. The molecule has 1 N–H and O–H groups in total. The lowest BCUT2D eigenvalue weighted by atomic mass is 9.89. The first-order valence-corrected chi connectivity index (χ1v) is 9.61. The van der Waals surface area contributed by atoms with Gasteiger partial charge in [-0.3, -0.25) is 9.69 Å². The lowest BCUT2D eigenvalue weighted by Gasteiger charge is -2.22. The average molecular weight is 357 g/mol. The molecule has 0 amide bonds. The minimum atomic E-state index is 0.000233. The minimum Gasteiger partial charge on any atom is -0.468 e. The van der Waals surface area contributed by atoms with E-state index in [1.807, 2.05) is 19.2 Å². The number of H-pyrrole nitrogens is 1. The van der Waals surface area contributed by atoms with Crippen LogP contribution in [0.5, 0.6) is 0 Å². The number of aromatic amines is 1. The van der Waals surface area contributed by atoms with Crippen molar-refractivity contribution in [2.75, 3.05) is 7.05 Å². The van der Waals surface area contributed by atoms with Crippen LogP contribution in [0.4, 0.5) is 0 Å². The molecule has 4 rings (SSSR count). The summed E-state index contributed by atoms with van der Waals surface area (Å²) in [6.45, 7) is 5.01. The van der Waals surface area contributed by atoms with Gasteiger partial charge >= 0.3 is 0 Å². The smallest absolute Gasteiger partial charge is 0.259 e. The van der Waals surface area contributed by atoms with Crippen LogP contribution >= 0.6 is 11.3 Å². The van der Waals surface area contributed by atoms with Gasteiger partial charge in [-0.15, -0.1) is 11.3 Å². The maximum atomic E-state index is 12.7. The van der Waals surface area contributed by atoms with Crippen molar-refractivity contribution in [1.29, 1.82) is 0 Å². The summed E-state index contributed by atoms with van der Waals surface area (Å²) in [6, 6.07) is 3.84. The summed E-state index contributed by atoms with van der Waals surface area (Å²) in [5.41, 5.74) is 1.24. The molecule has 1 aliphatic rings. The largest absolute Gasteiger partial charge is 0.468 e. The van der Waals surface area contributed by atoms with Crippen LogP contribution < -0.4 is 5.56 Å². The minimum absolute atomic E-state index is 0.000233. The van der Waals surface area contributed by atoms with Crippen LogP contribution in [0.3, 0.4) is 0 Å². The second-order valence-electron chi connectivity index (χ2n) is 7.15. The van der Waals surface area contributed by atoms with Gasteiger partial charge in [0.15, 0.2) is 0 Å². The molecule has 3 aromatic heterocycles.